The van der Waals surface area contributed by atoms with Gasteiger partial charge in [0.1, 0.15) is 0 Å². The van der Waals surface area contributed by atoms with Gasteiger partial charge in [0.05, 0.1) is 18.9 Å². The Balaban J connectivity index is 2.42. The maximum absolute atomic E-state index is 9.02. The third-order valence-electron chi connectivity index (χ3n) is 1.74. The lowest BCUT2D eigenvalue weighted by Gasteiger charge is -2.07. The summed E-state index contributed by atoms with van der Waals surface area (Å²) in [6, 6.07) is 5.61. The second-order valence-corrected chi connectivity index (χ2v) is 3.15. The quantitative estimate of drug-likeness (QED) is 0.722. The Hall–Kier alpha value is -1.13. The lowest BCUT2D eigenvalue weighted by molar-refractivity contribution is 0.191. The SMILES string of the molecule is COc1cccc(CNCC(C)O)n1. The van der Waals surface area contributed by atoms with Crippen LogP contribution in [0.25, 0.3) is 0 Å². The number of aromatic nitrogens is 1. The van der Waals surface area contributed by atoms with Crippen LogP contribution in [0.4, 0.5) is 0 Å². The van der Waals surface area contributed by atoms with Crippen molar-refractivity contribution >= 4 is 0 Å². The molecule has 0 aliphatic carbocycles. The molecule has 1 aromatic rings. The first-order chi connectivity index (χ1) is 6.72. The van der Waals surface area contributed by atoms with Crippen molar-refractivity contribution in [2.24, 2.45) is 0 Å². The van der Waals surface area contributed by atoms with E-state index >= 15 is 0 Å². The van der Waals surface area contributed by atoms with Crippen molar-refractivity contribution < 1.29 is 9.84 Å². The Kier molecular flexibility index (Phi) is 4.35. The van der Waals surface area contributed by atoms with Crippen LogP contribution in [0.2, 0.25) is 0 Å². The van der Waals surface area contributed by atoms with Gasteiger partial charge in [0.25, 0.3) is 0 Å². The number of aliphatic hydroxyl groups excluding tert-OH is 1. The smallest absolute Gasteiger partial charge is 0.213 e. The van der Waals surface area contributed by atoms with Crippen LogP contribution in [-0.2, 0) is 6.54 Å². The highest BCUT2D eigenvalue weighted by Gasteiger charge is 1.98. The van der Waals surface area contributed by atoms with Crippen molar-refractivity contribution in [2.45, 2.75) is 19.6 Å². The number of nitrogens with one attached hydrogen (secondary N) is 1. The van der Waals surface area contributed by atoms with Crippen LogP contribution >= 0.6 is 0 Å². The summed E-state index contributed by atoms with van der Waals surface area (Å²) in [6.45, 7) is 2.95. The molecule has 14 heavy (non-hydrogen) atoms. The van der Waals surface area contributed by atoms with Crippen LogP contribution in [0.15, 0.2) is 18.2 Å². The molecule has 0 aliphatic rings. The number of hydrogen-bond donors (Lipinski definition) is 2. The minimum atomic E-state index is -0.333. The fraction of sp³-hybridized carbons (Fsp3) is 0.500. The number of rotatable bonds is 5. The van der Waals surface area contributed by atoms with E-state index in [0.29, 0.717) is 19.0 Å². The molecule has 1 aromatic heterocycles. The third-order valence-corrected chi connectivity index (χ3v) is 1.74. The standard InChI is InChI=1S/C10H16N2O2/c1-8(13)6-11-7-9-4-3-5-10(12-9)14-2/h3-5,8,11,13H,6-7H2,1-2H3. The van der Waals surface area contributed by atoms with Crippen LogP contribution in [-0.4, -0.2) is 29.8 Å². The zero-order valence-electron chi connectivity index (χ0n) is 8.53. The zero-order valence-corrected chi connectivity index (χ0v) is 8.53. The number of nitrogens with zero attached hydrogens (tertiary/aromatic N) is 1. The van der Waals surface area contributed by atoms with Gasteiger partial charge in [-0.1, -0.05) is 6.07 Å². The van der Waals surface area contributed by atoms with E-state index in [-0.39, 0.29) is 6.10 Å². The summed E-state index contributed by atoms with van der Waals surface area (Å²) in [4.78, 5) is 4.22. The monoisotopic (exact) mass is 196 g/mol. The lowest BCUT2D eigenvalue weighted by Crippen LogP contribution is -2.24. The Morgan fingerprint density at radius 3 is 3.00 bits per heavy atom. The van der Waals surface area contributed by atoms with E-state index in [1.807, 2.05) is 12.1 Å². The second kappa shape index (κ2) is 5.57. The maximum Gasteiger partial charge on any atom is 0.213 e. The Morgan fingerprint density at radius 1 is 1.57 bits per heavy atom. The van der Waals surface area contributed by atoms with Crippen LogP contribution in [0.1, 0.15) is 12.6 Å². The number of pyridine rings is 1. The van der Waals surface area contributed by atoms with Crippen LogP contribution in [0.3, 0.4) is 0 Å². The largest absolute Gasteiger partial charge is 0.481 e. The van der Waals surface area contributed by atoms with Gasteiger partial charge in [0.2, 0.25) is 5.88 Å². The molecule has 1 heterocycles. The van der Waals surface area contributed by atoms with E-state index < -0.39 is 0 Å². The van der Waals surface area contributed by atoms with Gasteiger partial charge in [0.15, 0.2) is 0 Å². The molecule has 0 radical (unpaired) electrons. The van der Waals surface area contributed by atoms with Gasteiger partial charge >= 0.3 is 0 Å². The summed E-state index contributed by atoms with van der Waals surface area (Å²) in [5.41, 5.74) is 0.907. The van der Waals surface area contributed by atoms with E-state index in [1.165, 1.54) is 0 Å². The fourth-order valence-corrected chi connectivity index (χ4v) is 1.08. The molecular formula is C10H16N2O2. The molecular weight excluding hydrogens is 180 g/mol. The molecule has 1 unspecified atom stereocenters. The Morgan fingerprint density at radius 2 is 2.36 bits per heavy atom. The summed E-state index contributed by atoms with van der Waals surface area (Å²) in [5, 5.41) is 12.1. The topological polar surface area (TPSA) is 54.4 Å². The first-order valence-electron chi connectivity index (χ1n) is 4.61. The maximum atomic E-state index is 9.02. The summed E-state index contributed by atoms with van der Waals surface area (Å²) in [7, 11) is 1.59. The highest BCUT2D eigenvalue weighted by atomic mass is 16.5. The fourth-order valence-electron chi connectivity index (χ4n) is 1.08. The van der Waals surface area contributed by atoms with Crippen molar-refractivity contribution in [3.05, 3.63) is 23.9 Å². The van der Waals surface area contributed by atoms with Gasteiger partial charge in [-0.25, -0.2) is 4.98 Å². The third kappa shape index (κ3) is 3.72. The van der Waals surface area contributed by atoms with Crippen molar-refractivity contribution in [3.8, 4) is 5.88 Å². The normalized spacial score (nSPS) is 12.5. The highest BCUT2D eigenvalue weighted by Crippen LogP contribution is 2.05. The first kappa shape index (κ1) is 10.9. The van der Waals surface area contributed by atoms with E-state index in [9.17, 15) is 0 Å². The van der Waals surface area contributed by atoms with E-state index in [1.54, 1.807) is 20.1 Å². The number of hydrogen-bond acceptors (Lipinski definition) is 4. The average molecular weight is 196 g/mol. The van der Waals surface area contributed by atoms with Crippen LogP contribution in [0, 0.1) is 0 Å². The Bertz CT molecular complexity index is 277. The van der Waals surface area contributed by atoms with Gasteiger partial charge in [0, 0.05) is 19.2 Å². The number of ether oxygens (including phenoxy) is 1. The van der Waals surface area contributed by atoms with E-state index in [2.05, 4.69) is 10.3 Å². The molecule has 2 N–H and O–H groups in total. The molecule has 0 aromatic carbocycles. The van der Waals surface area contributed by atoms with Gasteiger partial charge in [-0.15, -0.1) is 0 Å². The summed E-state index contributed by atoms with van der Waals surface area (Å²) in [6.07, 6.45) is -0.333. The van der Waals surface area contributed by atoms with E-state index in [0.717, 1.165) is 5.69 Å². The van der Waals surface area contributed by atoms with Crippen LogP contribution in [0.5, 0.6) is 5.88 Å². The summed E-state index contributed by atoms with van der Waals surface area (Å²) >= 11 is 0. The van der Waals surface area contributed by atoms with Gasteiger partial charge in [-0.3, -0.25) is 0 Å². The summed E-state index contributed by atoms with van der Waals surface area (Å²) < 4.78 is 4.99. The first-order valence-corrected chi connectivity index (χ1v) is 4.61. The minimum absolute atomic E-state index is 0.333. The predicted octanol–water partition coefficient (Wildman–Crippen LogP) is 0.561. The molecule has 0 bridgehead atoms. The van der Waals surface area contributed by atoms with E-state index in [4.69, 9.17) is 9.84 Å². The van der Waals surface area contributed by atoms with Gasteiger partial charge in [-0.2, -0.15) is 0 Å². The molecule has 0 amide bonds. The molecule has 0 aliphatic heterocycles. The lowest BCUT2D eigenvalue weighted by atomic mass is 10.3. The molecule has 0 saturated heterocycles. The van der Waals surface area contributed by atoms with Gasteiger partial charge < -0.3 is 15.2 Å². The Labute approximate surface area is 83.9 Å². The van der Waals surface area contributed by atoms with Crippen LogP contribution < -0.4 is 10.1 Å². The highest BCUT2D eigenvalue weighted by molar-refractivity contribution is 5.15. The van der Waals surface area contributed by atoms with Crippen molar-refractivity contribution in [1.82, 2.24) is 10.3 Å². The molecule has 0 fully saturated rings. The zero-order chi connectivity index (χ0) is 10.4. The molecule has 0 spiro atoms. The molecule has 1 rings (SSSR count). The molecule has 0 saturated carbocycles. The molecule has 78 valence electrons. The minimum Gasteiger partial charge on any atom is -0.481 e. The predicted molar refractivity (Wildman–Crippen MR) is 54.2 cm³/mol. The van der Waals surface area contributed by atoms with Crippen molar-refractivity contribution in [3.63, 3.8) is 0 Å². The van der Waals surface area contributed by atoms with Crippen molar-refractivity contribution in [2.75, 3.05) is 13.7 Å². The second-order valence-electron chi connectivity index (χ2n) is 3.15. The van der Waals surface area contributed by atoms with Gasteiger partial charge in [-0.05, 0) is 13.0 Å². The molecule has 4 nitrogen and oxygen atoms in total. The molecule has 4 heteroatoms. The average Bonchev–Trinajstić information content (AvgIpc) is 2.18. The summed E-state index contributed by atoms with van der Waals surface area (Å²) in [5.74, 6) is 0.612. The number of aliphatic hydroxyl groups is 1. The molecule has 1 atom stereocenters. The number of methoxy groups -OCH3 is 1. The van der Waals surface area contributed by atoms with Crippen molar-refractivity contribution in [1.29, 1.82) is 0 Å².